The van der Waals surface area contributed by atoms with Crippen LogP contribution in [0.25, 0.3) is 10.9 Å². The van der Waals surface area contributed by atoms with Gasteiger partial charge in [0.1, 0.15) is 0 Å². The number of fused-ring (bicyclic) bond motifs is 1. The molecule has 1 fully saturated rings. The highest BCUT2D eigenvalue weighted by Gasteiger charge is 2.33. The van der Waals surface area contributed by atoms with Crippen LogP contribution in [-0.4, -0.2) is 35.6 Å². The predicted octanol–water partition coefficient (Wildman–Crippen LogP) is 2.60. The van der Waals surface area contributed by atoms with Gasteiger partial charge in [-0.15, -0.1) is 0 Å². The van der Waals surface area contributed by atoms with Crippen molar-refractivity contribution in [2.24, 2.45) is 7.05 Å². The maximum atomic E-state index is 13.1. The number of hydrogen-bond acceptors (Lipinski definition) is 2. The molecule has 3 nitrogen and oxygen atoms in total. The summed E-state index contributed by atoms with van der Waals surface area (Å²) in [5.41, 5.74) is 1.00. The summed E-state index contributed by atoms with van der Waals surface area (Å²) >= 11 is 0. The van der Waals surface area contributed by atoms with Crippen LogP contribution >= 0.6 is 0 Å². The first-order valence-corrected chi connectivity index (χ1v) is 7.04. The molecule has 3 rings (SSSR count). The van der Waals surface area contributed by atoms with E-state index in [1.54, 1.807) is 12.1 Å². The van der Waals surface area contributed by atoms with Crippen molar-refractivity contribution in [2.45, 2.75) is 12.7 Å². The molecule has 0 bridgehead atoms. The molecule has 0 atom stereocenters. The highest BCUT2D eigenvalue weighted by Crippen LogP contribution is 2.35. The number of alkyl halides is 3. The van der Waals surface area contributed by atoms with E-state index in [0.29, 0.717) is 12.1 Å². The summed E-state index contributed by atoms with van der Waals surface area (Å²) < 4.78 is 41.1. The fraction of sp³-hybridized carbons (Fsp3) is 0.467. The van der Waals surface area contributed by atoms with Crippen molar-refractivity contribution < 1.29 is 13.2 Å². The van der Waals surface area contributed by atoms with Gasteiger partial charge in [-0.3, -0.25) is 4.90 Å². The average Bonchev–Trinajstić information content (AvgIpc) is 2.76. The molecule has 1 aliphatic heterocycles. The van der Waals surface area contributed by atoms with Crippen molar-refractivity contribution in [3.8, 4) is 0 Å². The minimum absolute atomic E-state index is 0.289. The number of nitrogens with one attached hydrogen (secondary N) is 1. The van der Waals surface area contributed by atoms with Gasteiger partial charge in [-0.25, -0.2) is 0 Å². The summed E-state index contributed by atoms with van der Waals surface area (Å²) in [6, 6.07) is 6.04. The van der Waals surface area contributed by atoms with Gasteiger partial charge in [0.15, 0.2) is 0 Å². The van der Waals surface area contributed by atoms with Crippen LogP contribution in [0.15, 0.2) is 24.3 Å². The van der Waals surface area contributed by atoms with Crippen LogP contribution in [0, 0.1) is 0 Å². The maximum Gasteiger partial charge on any atom is 0.417 e. The number of nitrogens with zero attached hydrogens (tertiary/aromatic N) is 2. The zero-order valence-corrected chi connectivity index (χ0v) is 11.9. The number of aromatic nitrogens is 1. The molecule has 0 radical (unpaired) electrons. The molecule has 1 aromatic heterocycles. The Morgan fingerprint density at radius 3 is 2.57 bits per heavy atom. The largest absolute Gasteiger partial charge is 0.417 e. The van der Waals surface area contributed by atoms with Crippen LogP contribution < -0.4 is 5.32 Å². The first-order chi connectivity index (χ1) is 9.97. The smallest absolute Gasteiger partial charge is 0.346 e. The second-order valence-electron chi connectivity index (χ2n) is 5.46. The zero-order valence-electron chi connectivity index (χ0n) is 11.9. The van der Waals surface area contributed by atoms with Crippen LogP contribution in [0.5, 0.6) is 0 Å². The van der Waals surface area contributed by atoms with E-state index < -0.39 is 11.7 Å². The number of rotatable bonds is 2. The average molecular weight is 297 g/mol. The van der Waals surface area contributed by atoms with Gasteiger partial charge in [0.25, 0.3) is 0 Å². The molecular weight excluding hydrogens is 279 g/mol. The molecule has 21 heavy (non-hydrogen) atoms. The summed E-state index contributed by atoms with van der Waals surface area (Å²) in [4.78, 5) is 2.26. The first kappa shape index (κ1) is 14.4. The Balaban J connectivity index is 1.99. The molecule has 0 amide bonds. The van der Waals surface area contributed by atoms with E-state index in [0.717, 1.165) is 37.9 Å². The van der Waals surface area contributed by atoms with Gasteiger partial charge in [-0.1, -0.05) is 6.07 Å². The van der Waals surface area contributed by atoms with E-state index in [9.17, 15) is 13.2 Å². The Hall–Kier alpha value is -1.53. The van der Waals surface area contributed by atoms with Gasteiger partial charge in [-0.05, 0) is 18.2 Å². The Morgan fingerprint density at radius 2 is 1.90 bits per heavy atom. The molecule has 1 aliphatic rings. The highest BCUT2D eigenvalue weighted by molar-refractivity contribution is 5.85. The lowest BCUT2D eigenvalue weighted by atomic mass is 10.1. The van der Waals surface area contributed by atoms with Gasteiger partial charge in [-0.2, -0.15) is 13.2 Å². The normalized spacial score (nSPS) is 17.5. The molecule has 2 heterocycles. The summed E-state index contributed by atoms with van der Waals surface area (Å²) in [6.07, 6.45) is -4.31. The van der Waals surface area contributed by atoms with Crippen molar-refractivity contribution in [3.63, 3.8) is 0 Å². The molecule has 114 valence electrons. The number of aryl methyl sites for hydroxylation is 1. The van der Waals surface area contributed by atoms with Crippen molar-refractivity contribution in [1.82, 2.24) is 14.8 Å². The third kappa shape index (κ3) is 2.78. The predicted molar refractivity (Wildman–Crippen MR) is 76.1 cm³/mol. The lowest BCUT2D eigenvalue weighted by Crippen LogP contribution is -2.43. The number of hydrogen-bond donors (Lipinski definition) is 1. The SMILES string of the molecule is Cn1c(CN2CCNCC2)cc2c(C(F)(F)F)cccc21. The van der Waals surface area contributed by atoms with Crippen molar-refractivity contribution in [2.75, 3.05) is 26.2 Å². The third-order valence-corrected chi connectivity index (χ3v) is 4.09. The van der Waals surface area contributed by atoms with E-state index in [1.807, 2.05) is 11.6 Å². The molecule has 1 aromatic carbocycles. The lowest BCUT2D eigenvalue weighted by molar-refractivity contribution is -0.136. The second kappa shape index (κ2) is 5.35. The quantitative estimate of drug-likeness (QED) is 0.919. The van der Waals surface area contributed by atoms with E-state index in [1.165, 1.54) is 6.07 Å². The van der Waals surface area contributed by atoms with E-state index in [2.05, 4.69) is 10.2 Å². The van der Waals surface area contributed by atoms with Gasteiger partial charge in [0.2, 0.25) is 0 Å². The molecule has 0 unspecified atom stereocenters. The molecule has 1 saturated heterocycles. The molecule has 6 heteroatoms. The van der Waals surface area contributed by atoms with Crippen LogP contribution in [0.2, 0.25) is 0 Å². The molecular formula is C15H18F3N3. The summed E-state index contributed by atoms with van der Waals surface area (Å²) in [5.74, 6) is 0. The van der Waals surface area contributed by atoms with Gasteiger partial charge >= 0.3 is 6.18 Å². The van der Waals surface area contributed by atoms with Gasteiger partial charge in [0, 0.05) is 56.4 Å². The maximum absolute atomic E-state index is 13.1. The molecule has 0 spiro atoms. The third-order valence-electron chi connectivity index (χ3n) is 4.09. The number of benzene rings is 1. The summed E-state index contributed by atoms with van der Waals surface area (Å²) in [7, 11) is 1.83. The molecule has 1 N–H and O–H groups in total. The Bertz CT molecular complexity index is 639. The van der Waals surface area contributed by atoms with Gasteiger partial charge < -0.3 is 9.88 Å². The fourth-order valence-corrected chi connectivity index (χ4v) is 2.91. The van der Waals surface area contributed by atoms with E-state index in [4.69, 9.17) is 0 Å². The highest BCUT2D eigenvalue weighted by atomic mass is 19.4. The Labute approximate surface area is 121 Å². The van der Waals surface area contributed by atoms with Gasteiger partial charge in [0.05, 0.1) is 5.56 Å². The summed E-state index contributed by atoms with van der Waals surface area (Å²) in [6.45, 7) is 4.39. The number of piperazine rings is 1. The number of halogens is 3. The van der Waals surface area contributed by atoms with Crippen molar-refractivity contribution >= 4 is 10.9 Å². The van der Waals surface area contributed by atoms with Crippen LogP contribution in [0.1, 0.15) is 11.3 Å². The molecule has 0 saturated carbocycles. The molecule has 2 aromatic rings. The minimum Gasteiger partial charge on any atom is -0.346 e. The van der Waals surface area contributed by atoms with Crippen LogP contribution in [0.4, 0.5) is 13.2 Å². The van der Waals surface area contributed by atoms with E-state index >= 15 is 0 Å². The first-order valence-electron chi connectivity index (χ1n) is 7.04. The fourth-order valence-electron chi connectivity index (χ4n) is 2.91. The summed E-state index contributed by atoms with van der Waals surface area (Å²) in [5, 5.41) is 3.56. The lowest BCUT2D eigenvalue weighted by Gasteiger charge is -2.27. The minimum atomic E-state index is -4.31. The topological polar surface area (TPSA) is 20.2 Å². The van der Waals surface area contributed by atoms with E-state index in [-0.39, 0.29) is 5.39 Å². The standard InChI is InChI=1S/C15H18F3N3/c1-20-11(10-21-7-5-19-6-8-21)9-12-13(15(16,17)18)3-2-4-14(12)20/h2-4,9,19H,5-8,10H2,1H3. The van der Waals surface area contributed by atoms with Crippen molar-refractivity contribution in [1.29, 1.82) is 0 Å². The Kier molecular flexibility index (Phi) is 3.67. The van der Waals surface area contributed by atoms with Crippen LogP contribution in [-0.2, 0) is 19.8 Å². The monoisotopic (exact) mass is 297 g/mol. The second-order valence-corrected chi connectivity index (χ2v) is 5.46. The molecule has 0 aliphatic carbocycles. The van der Waals surface area contributed by atoms with Crippen LogP contribution in [0.3, 0.4) is 0 Å². The van der Waals surface area contributed by atoms with Crippen molar-refractivity contribution in [3.05, 3.63) is 35.5 Å². The Morgan fingerprint density at radius 1 is 1.19 bits per heavy atom. The zero-order chi connectivity index (χ0) is 15.0.